The second-order valence-corrected chi connectivity index (χ2v) is 35.9. The number of carboxylic acids is 1. The molecule has 122 heavy (non-hydrogen) atoms. The highest BCUT2D eigenvalue weighted by Crippen LogP contribution is 2.38. The lowest BCUT2D eigenvalue weighted by Crippen LogP contribution is -2.58. The van der Waals surface area contributed by atoms with Gasteiger partial charge in [0.05, 0.1) is 12.0 Å². The number of piperidine rings is 1. The molecule has 2 saturated heterocycles. The van der Waals surface area contributed by atoms with Gasteiger partial charge in [-0.1, -0.05) is 72.4 Å². The molecule has 8 unspecified atom stereocenters. The lowest BCUT2D eigenvalue weighted by molar-refractivity contribution is -0.149. The molecule has 2 aromatic rings. The standard InChI is InChI=1S/C85H135N13O21S3/c1-11-53(4)72(96-80(111)67-30-16-18-38-97(67)9)84(114)98(10)68(52(2)3)49-69(119-57(8)101)83-95-66(50-120-83)79(110)91-60(45-54(5)85(115)116)46-58-33-34-59-48-62(103)26-19-36-87-75(106)55(6)90-78(109)64(29-15-17-35-86-70(104)32-22-42-118-44-24-40-100)94-82(113)74-73(121-51-122-74)81(112)93-63(28-14-12-13-25-61(102)27-21-41-117-43-23-39-99)77(108)89-56(7)76(107)88-37-20-31-71(105)92-65(59)47-58/h33-34,47,50,52-56,60,63-64,67-69,72-74,99-100H,11-32,35-46,48-49,51H2,1-10H3,(H,86,104)(H,87,106)(H,88,107)(H,89,108)(H,90,109)(H,91,110)(H,92,105)(H,93,112)(H,94,113)(H,96,111)(H,115,116)/t53-,54?,55?,56?,60+,63?,64?,67?,68+,69+,72-,73?,74?/m0/s1. The molecule has 34 nitrogen and oxygen atoms in total. The number of hydrogen-bond donors (Lipinski definition) is 13. The van der Waals surface area contributed by atoms with E-state index in [1.807, 2.05) is 39.6 Å². The number of thiazole rings is 1. The van der Waals surface area contributed by atoms with Crippen molar-refractivity contribution in [2.75, 3.05) is 90.3 Å². The smallest absolute Gasteiger partial charge is 0.306 e. The van der Waals surface area contributed by atoms with Gasteiger partial charge >= 0.3 is 11.9 Å². The minimum Gasteiger partial charge on any atom is -0.481 e. The predicted octanol–water partition coefficient (Wildman–Crippen LogP) is 5.26. The Bertz CT molecular complexity index is 3740. The Labute approximate surface area is 729 Å². The normalized spacial score (nSPS) is 21.3. The quantitative estimate of drug-likeness (QED) is 0.0297. The van der Waals surface area contributed by atoms with Crippen molar-refractivity contribution in [2.24, 2.45) is 17.8 Å². The van der Waals surface area contributed by atoms with Gasteiger partial charge in [0.2, 0.25) is 59.1 Å². The molecular formula is C85H135N13O21S3. The molecule has 0 radical (unpaired) electrons. The van der Waals surface area contributed by atoms with Crippen molar-refractivity contribution >= 4 is 129 Å². The summed E-state index contributed by atoms with van der Waals surface area (Å²) in [6.45, 7) is 15.7. The number of unbranched alkanes of at least 4 members (excludes halogenated alkanes) is 3. The number of ketones is 2. The van der Waals surface area contributed by atoms with Gasteiger partial charge in [0, 0.05) is 146 Å². The summed E-state index contributed by atoms with van der Waals surface area (Å²) in [4.78, 5) is 215. The Kier molecular flexibility index (Phi) is 48.4. The maximum absolute atomic E-state index is 14.6. The SMILES string of the molecule is CC[C@H](C)[C@H](NC(=O)C1CCCCN1C)C(=O)N(C)[C@H](C[C@@H](OC(C)=O)c1nc(C(=O)N[C@@H](Cc2ccc3c(c2)NC(=O)CCCNC(=O)C(C)NC(=O)C(CCCCCC(=O)CCCOCCCO)NC(=O)C2SCSC2C(=O)NC(CCCCNC(=O)CCCOCCCO)C(=O)NC(C)C(=O)NCCCC(=O)C3)CC(C)C(=O)O)cs1)C(C)C. The van der Waals surface area contributed by atoms with Crippen molar-refractivity contribution in [1.82, 2.24) is 62.6 Å². The lowest BCUT2D eigenvalue weighted by Gasteiger charge is -2.38. The fourth-order valence-corrected chi connectivity index (χ4v) is 18.3. The number of hydrogen-bond acceptors (Lipinski definition) is 25. The number of likely N-dealkylation sites (tertiary alicyclic amines) is 1. The molecule has 3 aliphatic rings. The van der Waals surface area contributed by atoms with E-state index in [1.54, 1.807) is 30.1 Å². The molecule has 0 spiro atoms. The summed E-state index contributed by atoms with van der Waals surface area (Å²) in [6, 6.07) is -2.52. The van der Waals surface area contributed by atoms with Crippen LogP contribution in [-0.2, 0) is 94.2 Å². The summed E-state index contributed by atoms with van der Waals surface area (Å²) in [5.41, 5.74) is 1.03. The molecule has 13 atom stereocenters. The van der Waals surface area contributed by atoms with Gasteiger partial charge in [0.25, 0.3) is 5.91 Å². The molecule has 5 rings (SSSR count). The molecule has 37 heteroatoms. The minimum atomic E-state index is -1.23. The summed E-state index contributed by atoms with van der Waals surface area (Å²) in [7, 11) is 3.56. The number of benzene rings is 1. The number of aliphatic hydroxyl groups excluding tert-OH is 2. The Hall–Kier alpha value is -8.20. The van der Waals surface area contributed by atoms with Crippen LogP contribution in [0.4, 0.5) is 5.69 Å². The number of esters is 1. The van der Waals surface area contributed by atoms with E-state index in [2.05, 4.69) is 58.2 Å². The van der Waals surface area contributed by atoms with Crippen LogP contribution in [0.1, 0.15) is 242 Å². The first kappa shape index (κ1) is 104. The van der Waals surface area contributed by atoms with Crippen LogP contribution < -0.4 is 53.2 Å². The van der Waals surface area contributed by atoms with Gasteiger partial charge in [-0.25, -0.2) is 4.98 Å². The number of thioether (sulfide) groups is 2. The molecule has 684 valence electrons. The van der Waals surface area contributed by atoms with E-state index in [1.165, 1.54) is 33.1 Å². The Morgan fingerprint density at radius 3 is 1.86 bits per heavy atom. The summed E-state index contributed by atoms with van der Waals surface area (Å²) in [5.74, 6) is -9.38. The molecule has 1 aromatic carbocycles. The van der Waals surface area contributed by atoms with Crippen LogP contribution in [0.2, 0.25) is 0 Å². The minimum absolute atomic E-state index is 0.000765. The number of amides is 11. The van der Waals surface area contributed by atoms with E-state index in [9.17, 15) is 77.0 Å². The van der Waals surface area contributed by atoms with E-state index < -0.39 is 124 Å². The van der Waals surface area contributed by atoms with Gasteiger partial charge in [-0.15, -0.1) is 34.9 Å². The molecule has 0 saturated carbocycles. The number of aliphatic hydroxyl groups is 2. The van der Waals surface area contributed by atoms with Crippen LogP contribution in [0.15, 0.2) is 23.6 Å². The van der Waals surface area contributed by atoms with E-state index in [4.69, 9.17) is 24.4 Å². The third kappa shape index (κ3) is 37.7. The highest BCUT2D eigenvalue weighted by atomic mass is 32.2. The van der Waals surface area contributed by atoms with Crippen molar-refractivity contribution in [3.8, 4) is 0 Å². The fraction of sp³-hybridized carbons (Fsp3) is 0.718. The van der Waals surface area contributed by atoms with Crippen molar-refractivity contribution < 1.29 is 101 Å². The number of nitrogens with one attached hydrogen (secondary N) is 10. The zero-order valence-corrected chi connectivity index (χ0v) is 75.3. The number of likely N-dealkylation sites (N-methyl/N-ethyl adjacent to an activating group) is 2. The van der Waals surface area contributed by atoms with Gasteiger partial charge in [-0.2, -0.15) is 0 Å². The number of Topliss-reactive ketones (excluding diaryl/α,β-unsaturated/α-hetero) is 2. The summed E-state index contributed by atoms with van der Waals surface area (Å²) >= 11 is 3.37. The number of carbonyl (C=O) groups excluding carboxylic acids is 14. The third-order valence-corrected chi connectivity index (χ3v) is 25.7. The fourth-order valence-electron chi connectivity index (χ4n) is 14.4. The molecule has 0 aliphatic carbocycles. The summed E-state index contributed by atoms with van der Waals surface area (Å²) in [5, 5.41) is 56.4. The number of carbonyl (C=O) groups is 15. The van der Waals surface area contributed by atoms with E-state index >= 15 is 0 Å². The number of fused-ring (bicyclic) bond motifs is 2. The Morgan fingerprint density at radius 1 is 0.689 bits per heavy atom. The monoisotopic (exact) mass is 1770 g/mol. The van der Waals surface area contributed by atoms with Crippen LogP contribution in [0.3, 0.4) is 0 Å². The van der Waals surface area contributed by atoms with Crippen molar-refractivity contribution in [2.45, 2.75) is 287 Å². The molecule has 13 N–H and O–H groups in total. The maximum atomic E-state index is 14.6. The van der Waals surface area contributed by atoms with Gasteiger partial charge in [-0.05, 0) is 153 Å². The van der Waals surface area contributed by atoms with Crippen molar-refractivity contribution in [1.29, 1.82) is 0 Å². The lowest BCUT2D eigenvalue weighted by atomic mass is 9.92. The van der Waals surface area contributed by atoms with Gasteiger partial charge < -0.3 is 87.6 Å². The summed E-state index contributed by atoms with van der Waals surface area (Å²) < 4.78 is 16.8. The number of anilines is 1. The highest BCUT2D eigenvalue weighted by molar-refractivity contribution is 8.20. The largest absolute Gasteiger partial charge is 0.481 e. The number of ether oxygens (including phenoxy) is 3. The van der Waals surface area contributed by atoms with E-state index in [0.29, 0.717) is 115 Å². The van der Waals surface area contributed by atoms with Crippen LogP contribution in [0, 0.1) is 17.8 Å². The molecule has 11 amide bonds. The Morgan fingerprint density at radius 2 is 1.28 bits per heavy atom. The topological polar surface area (TPSA) is 484 Å². The average molecular weight is 1770 g/mol. The third-order valence-electron chi connectivity index (χ3n) is 21.9. The number of aliphatic carboxylic acids is 1. The number of rotatable bonds is 43. The Balaban J connectivity index is 1.39. The van der Waals surface area contributed by atoms with Crippen LogP contribution >= 0.6 is 34.9 Å². The number of aromatic nitrogens is 1. The molecule has 4 heterocycles. The predicted molar refractivity (Wildman–Crippen MR) is 464 cm³/mol. The van der Waals surface area contributed by atoms with E-state index in [-0.39, 0.29) is 179 Å². The molecule has 3 aliphatic heterocycles. The van der Waals surface area contributed by atoms with Crippen LogP contribution in [-0.4, -0.2) is 262 Å². The van der Waals surface area contributed by atoms with Crippen LogP contribution in [0.5, 0.6) is 0 Å². The van der Waals surface area contributed by atoms with E-state index in [0.717, 1.165) is 54.2 Å². The average Bonchev–Trinajstić information content (AvgIpc) is 1.50. The first-order valence-corrected chi connectivity index (χ1v) is 46.3. The first-order valence-electron chi connectivity index (χ1n) is 43.3. The van der Waals surface area contributed by atoms with Crippen LogP contribution in [0.25, 0.3) is 0 Å². The zero-order valence-electron chi connectivity index (χ0n) is 72.8. The van der Waals surface area contributed by atoms with Gasteiger partial charge in [0.1, 0.15) is 63.0 Å². The first-order chi connectivity index (χ1) is 58.2. The van der Waals surface area contributed by atoms with Gasteiger partial charge in [0.15, 0.2) is 6.10 Å². The highest BCUT2D eigenvalue weighted by Gasteiger charge is 2.43. The second kappa shape index (κ2) is 56.6. The molecular weight excluding hydrogens is 1640 g/mol. The van der Waals surface area contributed by atoms with Crippen molar-refractivity contribution in [3.63, 3.8) is 0 Å². The number of nitrogens with zero attached hydrogens (tertiary/aromatic N) is 3. The molecule has 1 aromatic heterocycles. The zero-order chi connectivity index (χ0) is 89.8. The van der Waals surface area contributed by atoms with Gasteiger partial charge in [-0.3, -0.25) is 76.8 Å². The molecule has 0 bridgehead atoms. The molecule has 2 fully saturated rings. The van der Waals surface area contributed by atoms with Crippen molar-refractivity contribution in [3.05, 3.63) is 45.4 Å². The second-order valence-electron chi connectivity index (χ2n) is 32.4. The summed E-state index contributed by atoms with van der Waals surface area (Å²) in [6.07, 6.45) is 6.85. The maximum Gasteiger partial charge on any atom is 0.306 e. The number of carboxylic acid groups (broad SMARTS) is 1.